The van der Waals surface area contributed by atoms with E-state index in [9.17, 15) is 5.11 Å². The molecule has 0 amide bonds. The van der Waals surface area contributed by atoms with E-state index in [0.29, 0.717) is 0 Å². The van der Waals surface area contributed by atoms with Gasteiger partial charge in [-0.3, -0.25) is 0 Å². The van der Waals surface area contributed by atoms with E-state index in [-0.39, 0.29) is 24.1 Å². The molecule has 0 saturated carbocycles. The maximum Gasteiger partial charge on any atom is 0.241 e. The molecular formula is C8H17BNO2. The molecule has 1 aliphatic heterocycles. The van der Waals surface area contributed by atoms with Crippen molar-refractivity contribution in [3.63, 3.8) is 0 Å². The first-order chi connectivity index (χ1) is 5.70. The Kier molecular flexibility index (Phi) is 3.56. The van der Waals surface area contributed by atoms with Crippen LogP contribution >= 0.6 is 0 Å². The molecule has 0 spiro atoms. The third-order valence-corrected chi connectivity index (χ3v) is 2.50. The Morgan fingerprint density at radius 1 is 1.58 bits per heavy atom. The molecule has 0 aromatic rings. The SMILES string of the molecule is CC[C@H]1O[C@@H]([B]NC)C(C)[C@H]1O. The van der Waals surface area contributed by atoms with E-state index in [1.54, 1.807) is 0 Å². The lowest BCUT2D eigenvalue weighted by Gasteiger charge is -2.12. The van der Waals surface area contributed by atoms with E-state index in [1.165, 1.54) is 0 Å². The highest BCUT2D eigenvalue weighted by atomic mass is 16.5. The summed E-state index contributed by atoms with van der Waals surface area (Å²) in [5, 5.41) is 12.6. The predicted octanol–water partition coefficient (Wildman–Crippen LogP) is -0.0431. The Bertz CT molecular complexity index is 145. The molecule has 2 N–H and O–H groups in total. The number of aliphatic hydroxyl groups excluding tert-OH is 1. The monoisotopic (exact) mass is 170 g/mol. The molecule has 1 rings (SSSR count). The van der Waals surface area contributed by atoms with Crippen molar-refractivity contribution in [1.29, 1.82) is 0 Å². The average Bonchev–Trinajstić information content (AvgIpc) is 2.33. The quantitative estimate of drug-likeness (QED) is 0.584. The normalized spacial score (nSPS) is 41.7. The summed E-state index contributed by atoms with van der Waals surface area (Å²) in [6, 6.07) is 0.0509. The minimum atomic E-state index is -0.315. The van der Waals surface area contributed by atoms with Crippen LogP contribution in [0.25, 0.3) is 0 Å². The predicted molar refractivity (Wildman–Crippen MR) is 48.9 cm³/mol. The van der Waals surface area contributed by atoms with Gasteiger partial charge in [0, 0.05) is 11.9 Å². The van der Waals surface area contributed by atoms with E-state index in [1.807, 2.05) is 28.3 Å². The molecule has 1 radical (unpaired) electrons. The summed E-state index contributed by atoms with van der Waals surface area (Å²) in [6.07, 6.45) is 0.568. The standard InChI is InChI=1S/C8H17BNO2/c1-4-6-7(11)5(2)8(12-6)9-10-3/h5-8,10-11H,4H2,1-3H3/t5?,6-,7-,8-/m1/s1. The van der Waals surface area contributed by atoms with Crippen molar-refractivity contribution in [2.24, 2.45) is 5.92 Å². The minimum absolute atomic E-state index is 0.00889. The third-order valence-electron chi connectivity index (χ3n) is 2.50. The molecule has 3 nitrogen and oxygen atoms in total. The van der Waals surface area contributed by atoms with E-state index in [0.717, 1.165) is 6.42 Å². The highest BCUT2D eigenvalue weighted by Crippen LogP contribution is 2.27. The fourth-order valence-electron chi connectivity index (χ4n) is 1.63. The molecule has 0 bridgehead atoms. The van der Waals surface area contributed by atoms with Crippen LogP contribution in [0.15, 0.2) is 0 Å². The Labute approximate surface area is 74.8 Å². The molecule has 12 heavy (non-hydrogen) atoms. The van der Waals surface area contributed by atoms with Crippen LogP contribution in [0.2, 0.25) is 0 Å². The smallest absolute Gasteiger partial charge is 0.241 e. The molecular weight excluding hydrogens is 153 g/mol. The van der Waals surface area contributed by atoms with Crippen molar-refractivity contribution >= 4 is 7.41 Å². The zero-order chi connectivity index (χ0) is 9.14. The first-order valence-corrected chi connectivity index (χ1v) is 4.54. The van der Waals surface area contributed by atoms with Gasteiger partial charge in [0.05, 0.1) is 12.2 Å². The van der Waals surface area contributed by atoms with E-state index in [4.69, 9.17) is 4.74 Å². The maximum absolute atomic E-state index is 9.68. The van der Waals surface area contributed by atoms with Crippen molar-refractivity contribution in [3.05, 3.63) is 0 Å². The van der Waals surface area contributed by atoms with Gasteiger partial charge in [0.1, 0.15) is 0 Å². The Morgan fingerprint density at radius 2 is 2.25 bits per heavy atom. The van der Waals surface area contributed by atoms with Crippen molar-refractivity contribution in [2.45, 2.75) is 38.5 Å². The van der Waals surface area contributed by atoms with Gasteiger partial charge in [-0.2, -0.15) is 0 Å². The highest BCUT2D eigenvalue weighted by molar-refractivity contribution is 6.34. The van der Waals surface area contributed by atoms with Crippen LogP contribution in [0.4, 0.5) is 0 Å². The van der Waals surface area contributed by atoms with Crippen LogP contribution in [0, 0.1) is 5.92 Å². The first kappa shape index (κ1) is 10.0. The fraction of sp³-hybridized carbons (Fsp3) is 1.00. The number of aliphatic hydroxyl groups is 1. The molecule has 69 valence electrons. The van der Waals surface area contributed by atoms with Crippen LogP contribution < -0.4 is 5.23 Å². The number of nitrogens with one attached hydrogen (secondary N) is 1. The summed E-state index contributed by atoms with van der Waals surface area (Å²) in [6.45, 7) is 4.04. The Morgan fingerprint density at radius 3 is 2.67 bits per heavy atom. The second-order valence-corrected chi connectivity index (χ2v) is 3.35. The molecule has 1 unspecified atom stereocenters. The highest BCUT2D eigenvalue weighted by Gasteiger charge is 2.39. The second kappa shape index (κ2) is 4.26. The fourth-order valence-corrected chi connectivity index (χ4v) is 1.63. The van der Waals surface area contributed by atoms with Gasteiger partial charge in [-0.25, -0.2) is 0 Å². The molecule has 1 heterocycles. The van der Waals surface area contributed by atoms with Crippen molar-refractivity contribution in [2.75, 3.05) is 7.05 Å². The Hall–Kier alpha value is -0.0551. The van der Waals surface area contributed by atoms with Crippen LogP contribution in [0.3, 0.4) is 0 Å². The van der Waals surface area contributed by atoms with Crippen LogP contribution in [-0.4, -0.2) is 37.8 Å². The summed E-state index contributed by atoms with van der Waals surface area (Å²) >= 11 is 0. The van der Waals surface area contributed by atoms with Gasteiger partial charge in [0.2, 0.25) is 7.41 Å². The number of hydrogen-bond donors (Lipinski definition) is 2. The summed E-state index contributed by atoms with van der Waals surface area (Å²) < 4.78 is 5.61. The van der Waals surface area contributed by atoms with Crippen molar-refractivity contribution < 1.29 is 9.84 Å². The molecule has 1 fully saturated rings. The largest absolute Gasteiger partial charge is 0.390 e. The van der Waals surface area contributed by atoms with E-state index in [2.05, 4.69) is 5.23 Å². The topological polar surface area (TPSA) is 41.5 Å². The van der Waals surface area contributed by atoms with Crippen LogP contribution in [-0.2, 0) is 4.74 Å². The van der Waals surface area contributed by atoms with Gasteiger partial charge in [-0.15, -0.1) is 0 Å². The van der Waals surface area contributed by atoms with Crippen molar-refractivity contribution in [3.8, 4) is 0 Å². The molecule has 0 aromatic carbocycles. The lowest BCUT2D eigenvalue weighted by Crippen LogP contribution is -2.33. The molecule has 1 saturated heterocycles. The molecule has 1 aliphatic rings. The second-order valence-electron chi connectivity index (χ2n) is 3.35. The summed E-state index contributed by atoms with van der Waals surface area (Å²) in [7, 11) is 3.74. The molecule has 4 heteroatoms. The molecule has 0 aliphatic carbocycles. The zero-order valence-corrected chi connectivity index (χ0v) is 7.95. The number of rotatable bonds is 3. The Balaban J connectivity index is 2.48. The van der Waals surface area contributed by atoms with Gasteiger partial charge in [-0.05, 0) is 13.5 Å². The first-order valence-electron chi connectivity index (χ1n) is 4.54. The van der Waals surface area contributed by atoms with Gasteiger partial charge in [0.25, 0.3) is 0 Å². The summed E-state index contributed by atoms with van der Waals surface area (Å²) in [5.74, 6) is 0.197. The third kappa shape index (κ3) is 1.81. The van der Waals surface area contributed by atoms with Crippen LogP contribution in [0.1, 0.15) is 20.3 Å². The van der Waals surface area contributed by atoms with Crippen LogP contribution in [0.5, 0.6) is 0 Å². The lowest BCUT2D eigenvalue weighted by atomic mass is 9.77. The maximum atomic E-state index is 9.68. The van der Waals surface area contributed by atoms with Crippen molar-refractivity contribution in [1.82, 2.24) is 5.23 Å². The summed E-state index contributed by atoms with van der Waals surface area (Å²) in [4.78, 5) is 0. The van der Waals surface area contributed by atoms with Gasteiger partial charge in [-0.1, -0.05) is 13.8 Å². The number of hydrogen-bond acceptors (Lipinski definition) is 3. The lowest BCUT2D eigenvalue weighted by molar-refractivity contribution is 0.0285. The molecule has 0 aromatic heterocycles. The van der Waals surface area contributed by atoms with E-state index >= 15 is 0 Å². The van der Waals surface area contributed by atoms with E-state index < -0.39 is 0 Å². The molecule has 4 atom stereocenters. The number of ether oxygens (including phenoxy) is 1. The van der Waals surface area contributed by atoms with Gasteiger partial charge >= 0.3 is 0 Å². The summed E-state index contributed by atoms with van der Waals surface area (Å²) in [5.41, 5.74) is 0. The minimum Gasteiger partial charge on any atom is -0.390 e. The van der Waals surface area contributed by atoms with Gasteiger partial charge in [0.15, 0.2) is 0 Å². The average molecular weight is 170 g/mol. The van der Waals surface area contributed by atoms with Gasteiger partial charge < -0.3 is 15.1 Å². The zero-order valence-electron chi connectivity index (χ0n) is 7.95.